The molecule has 0 aromatic carbocycles. The second-order valence-corrected chi connectivity index (χ2v) is 3.19. The first-order valence-corrected chi connectivity index (χ1v) is 4.82. The van der Waals surface area contributed by atoms with Crippen LogP contribution in [0.1, 0.15) is 25.0 Å². The van der Waals surface area contributed by atoms with Crippen molar-refractivity contribution in [3.63, 3.8) is 0 Å². The van der Waals surface area contributed by atoms with Gasteiger partial charge >= 0.3 is 0 Å². The summed E-state index contributed by atoms with van der Waals surface area (Å²) < 4.78 is 1.77. The van der Waals surface area contributed by atoms with Crippen molar-refractivity contribution in [1.29, 1.82) is 0 Å². The first kappa shape index (κ1) is 10.7. The van der Waals surface area contributed by atoms with Crippen molar-refractivity contribution in [2.24, 2.45) is 7.05 Å². The fourth-order valence-corrected chi connectivity index (χ4v) is 1.16. The molecular formula is C10H16N4. The lowest BCUT2D eigenvalue weighted by molar-refractivity contribution is 0.592. The molecule has 1 aromatic rings. The molecule has 0 atom stereocenters. The van der Waals surface area contributed by atoms with E-state index in [9.17, 15) is 0 Å². The number of nitrogens with one attached hydrogen (secondary N) is 1. The van der Waals surface area contributed by atoms with Gasteiger partial charge in [-0.1, -0.05) is 5.21 Å². The monoisotopic (exact) mass is 192 g/mol. The van der Waals surface area contributed by atoms with Crippen LogP contribution in [0.3, 0.4) is 0 Å². The van der Waals surface area contributed by atoms with E-state index in [1.54, 1.807) is 10.9 Å². The molecule has 0 spiro atoms. The first-order chi connectivity index (χ1) is 6.84. The lowest BCUT2D eigenvalue weighted by atomic mass is 10.2. The van der Waals surface area contributed by atoms with Gasteiger partial charge in [0.15, 0.2) is 0 Å². The number of unbranched alkanes of at least 4 members (excludes halogenated alkanes) is 2. The third kappa shape index (κ3) is 3.58. The molecule has 1 aromatic heterocycles. The molecule has 4 nitrogen and oxygen atoms in total. The average Bonchev–Trinajstić information content (AvgIpc) is 2.58. The van der Waals surface area contributed by atoms with E-state index < -0.39 is 0 Å². The van der Waals surface area contributed by atoms with Gasteiger partial charge in [0, 0.05) is 20.0 Å². The van der Waals surface area contributed by atoms with Crippen LogP contribution in [-0.4, -0.2) is 21.5 Å². The van der Waals surface area contributed by atoms with Crippen molar-refractivity contribution in [2.45, 2.75) is 25.8 Å². The van der Waals surface area contributed by atoms with Gasteiger partial charge in [-0.3, -0.25) is 4.68 Å². The summed E-state index contributed by atoms with van der Waals surface area (Å²) in [5, 5.41) is 11.0. The van der Waals surface area contributed by atoms with Gasteiger partial charge in [0.05, 0.1) is 11.9 Å². The third-order valence-corrected chi connectivity index (χ3v) is 2.04. The summed E-state index contributed by atoms with van der Waals surface area (Å²) in [6.07, 6.45) is 10.0. The summed E-state index contributed by atoms with van der Waals surface area (Å²) in [4.78, 5) is 0. The molecule has 0 amide bonds. The maximum absolute atomic E-state index is 5.15. The molecule has 14 heavy (non-hydrogen) atoms. The molecule has 0 aliphatic rings. The normalized spacial score (nSPS) is 10.0. The Kier molecular flexibility index (Phi) is 4.73. The summed E-state index contributed by atoms with van der Waals surface area (Å²) >= 11 is 0. The number of terminal acetylenes is 1. The van der Waals surface area contributed by atoms with Gasteiger partial charge in [-0.15, -0.1) is 17.4 Å². The highest BCUT2D eigenvalue weighted by molar-refractivity contribution is 4.92. The third-order valence-electron chi connectivity index (χ3n) is 2.04. The fourth-order valence-electron chi connectivity index (χ4n) is 1.16. The molecule has 0 radical (unpaired) electrons. The quantitative estimate of drug-likeness (QED) is 0.533. The van der Waals surface area contributed by atoms with Crippen LogP contribution in [0.15, 0.2) is 6.20 Å². The molecule has 0 fully saturated rings. The maximum Gasteiger partial charge on any atom is 0.0738 e. The minimum atomic E-state index is 0.819. The van der Waals surface area contributed by atoms with Crippen LogP contribution < -0.4 is 5.32 Å². The van der Waals surface area contributed by atoms with Crippen LogP contribution in [0.4, 0.5) is 0 Å². The number of hydrogen-bond acceptors (Lipinski definition) is 3. The molecule has 0 unspecified atom stereocenters. The minimum Gasteiger partial charge on any atom is -0.311 e. The number of nitrogens with zero attached hydrogens (tertiary/aromatic N) is 3. The Morgan fingerprint density at radius 1 is 1.57 bits per heavy atom. The molecule has 0 bridgehead atoms. The highest BCUT2D eigenvalue weighted by Crippen LogP contribution is 1.94. The zero-order valence-electron chi connectivity index (χ0n) is 8.53. The smallest absolute Gasteiger partial charge is 0.0738 e. The Labute approximate surface area is 84.7 Å². The first-order valence-electron chi connectivity index (χ1n) is 4.82. The molecule has 76 valence electrons. The summed E-state index contributed by atoms with van der Waals surface area (Å²) in [5.41, 5.74) is 1.10. The molecule has 4 heteroatoms. The van der Waals surface area contributed by atoms with Gasteiger partial charge in [-0.05, 0) is 19.4 Å². The maximum atomic E-state index is 5.15. The van der Waals surface area contributed by atoms with Gasteiger partial charge in [0.25, 0.3) is 0 Å². The van der Waals surface area contributed by atoms with Crippen LogP contribution in [0.5, 0.6) is 0 Å². The topological polar surface area (TPSA) is 42.7 Å². The van der Waals surface area contributed by atoms with Gasteiger partial charge in [-0.25, -0.2) is 0 Å². The SMILES string of the molecule is C#CCCCCNCc1cnnn1C. The predicted octanol–water partition coefficient (Wildman–Crippen LogP) is 0.708. The van der Waals surface area contributed by atoms with Crippen LogP contribution >= 0.6 is 0 Å². The second kappa shape index (κ2) is 6.17. The van der Waals surface area contributed by atoms with Crippen LogP contribution in [0, 0.1) is 12.3 Å². The molecule has 0 saturated heterocycles. The van der Waals surface area contributed by atoms with Gasteiger partial charge in [-0.2, -0.15) is 0 Å². The zero-order chi connectivity index (χ0) is 10.2. The highest BCUT2D eigenvalue weighted by atomic mass is 15.4. The zero-order valence-corrected chi connectivity index (χ0v) is 8.53. The minimum absolute atomic E-state index is 0.819. The largest absolute Gasteiger partial charge is 0.311 e. The van der Waals surface area contributed by atoms with Crippen molar-refractivity contribution < 1.29 is 0 Å². The Bertz CT molecular complexity index is 297. The Hall–Kier alpha value is -1.34. The molecule has 1 heterocycles. The van der Waals surface area contributed by atoms with Crippen LogP contribution in [0.2, 0.25) is 0 Å². The van der Waals surface area contributed by atoms with Crippen molar-refractivity contribution in [3.05, 3.63) is 11.9 Å². The summed E-state index contributed by atoms with van der Waals surface area (Å²) in [6.45, 7) is 1.81. The second-order valence-electron chi connectivity index (χ2n) is 3.19. The van der Waals surface area contributed by atoms with Gasteiger partial charge < -0.3 is 5.32 Å². The Morgan fingerprint density at radius 2 is 2.43 bits per heavy atom. The average molecular weight is 192 g/mol. The molecule has 0 aliphatic carbocycles. The van der Waals surface area contributed by atoms with E-state index in [1.807, 2.05) is 7.05 Å². The number of aryl methyl sites for hydroxylation is 1. The van der Waals surface area contributed by atoms with Crippen molar-refractivity contribution in [2.75, 3.05) is 6.54 Å². The van der Waals surface area contributed by atoms with E-state index in [-0.39, 0.29) is 0 Å². The van der Waals surface area contributed by atoms with E-state index >= 15 is 0 Å². The fraction of sp³-hybridized carbons (Fsp3) is 0.600. The predicted molar refractivity (Wildman–Crippen MR) is 55.4 cm³/mol. The highest BCUT2D eigenvalue weighted by Gasteiger charge is 1.97. The van der Waals surface area contributed by atoms with Gasteiger partial charge in [0.1, 0.15) is 0 Å². The Morgan fingerprint density at radius 3 is 3.07 bits per heavy atom. The van der Waals surface area contributed by atoms with Gasteiger partial charge in [0.2, 0.25) is 0 Å². The van der Waals surface area contributed by atoms with E-state index in [0.29, 0.717) is 0 Å². The summed E-state index contributed by atoms with van der Waals surface area (Å²) in [6, 6.07) is 0. The van der Waals surface area contributed by atoms with Crippen LogP contribution in [0.25, 0.3) is 0 Å². The molecule has 0 saturated carbocycles. The molecular weight excluding hydrogens is 176 g/mol. The molecule has 1 rings (SSSR count). The summed E-state index contributed by atoms with van der Waals surface area (Å²) in [7, 11) is 1.89. The van der Waals surface area contributed by atoms with Crippen molar-refractivity contribution in [1.82, 2.24) is 20.3 Å². The number of rotatable bonds is 6. The van der Waals surface area contributed by atoms with E-state index in [2.05, 4.69) is 21.5 Å². The van der Waals surface area contributed by atoms with Crippen molar-refractivity contribution in [3.8, 4) is 12.3 Å². The summed E-state index contributed by atoms with van der Waals surface area (Å²) in [5.74, 6) is 2.63. The Balaban J connectivity index is 2.05. The van der Waals surface area contributed by atoms with E-state index in [1.165, 1.54) is 0 Å². The lowest BCUT2D eigenvalue weighted by Gasteiger charge is -2.02. The molecule has 0 aliphatic heterocycles. The van der Waals surface area contributed by atoms with Crippen LogP contribution in [-0.2, 0) is 13.6 Å². The number of hydrogen-bond donors (Lipinski definition) is 1. The number of aromatic nitrogens is 3. The lowest BCUT2D eigenvalue weighted by Crippen LogP contribution is -2.16. The van der Waals surface area contributed by atoms with E-state index in [0.717, 1.165) is 38.0 Å². The van der Waals surface area contributed by atoms with Crippen molar-refractivity contribution >= 4 is 0 Å². The van der Waals surface area contributed by atoms with E-state index in [4.69, 9.17) is 6.42 Å². The molecule has 1 N–H and O–H groups in total. The standard InChI is InChI=1S/C10H16N4/c1-3-4-5-6-7-11-8-10-9-12-13-14(10)2/h1,9,11H,4-8H2,2H3.